The molecular formula is C9H16N4OS. The van der Waals surface area contributed by atoms with Gasteiger partial charge in [0, 0.05) is 19.8 Å². The van der Waals surface area contributed by atoms with Gasteiger partial charge in [-0.15, -0.1) is 0 Å². The minimum atomic E-state index is -0.200. The van der Waals surface area contributed by atoms with E-state index in [9.17, 15) is 4.79 Å². The van der Waals surface area contributed by atoms with Gasteiger partial charge in [0.25, 0.3) is 5.91 Å². The van der Waals surface area contributed by atoms with Crippen LogP contribution in [0.3, 0.4) is 0 Å². The number of aryl methyl sites for hydroxylation is 1. The second kappa shape index (κ2) is 5.65. The molecule has 3 N–H and O–H groups in total. The molecule has 6 heteroatoms. The highest BCUT2D eigenvalue weighted by Crippen LogP contribution is 2.07. The van der Waals surface area contributed by atoms with Crippen LogP contribution in [0.25, 0.3) is 0 Å². The fraction of sp³-hybridized carbons (Fsp3) is 0.556. The molecule has 0 aromatic carbocycles. The molecule has 0 bridgehead atoms. The normalized spacial score (nSPS) is 10.3. The van der Waals surface area contributed by atoms with E-state index in [1.54, 1.807) is 25.0 Å². The Hall–Kier alpha value is -1.17. The first kappa shape index (κ1) is 11.9. The van der Waals surface area contributed by atoms with Gasteiger partial charge in [0.15, 0.2) is 5.69 Å². The van der Waals surface area contributed by atoms with Gasteiger partial charge >= 0.3 is 0 Å². The van der Waals surface area contributed by atoms with Crippen molar-refractivity contribution in [2.45, 2.75) is 6.42 Å². The number of rotatable bonds is 5. The van der Waals surface area contributed by atoms with Gasteiger partial charge in [-0.25, -0.2) is 0 Å². The van der Waals surface area contributed by atoms with Crippen molar-refractivity contribution in [3.8, 4) is 0 Å². The average Bonchev–Trinajstić information content (AvgIpc) is 2.52. The van der Waals surface area contributed by atoms with Crippen molar-refractivity contribution in [3.05, 3.63) is 11.9 Å². The van der Waals surface area contributed by atoms with Crippen molar-refractivity contribution < 1.29 is 4.79 Å². The molecule has 1 rings (SSSR count). The standard InChI is InChI=1S/C9H16N4OS/c1-13-6-7(10)8(12-13)9(14)11-4-3-5-15-2/h6H,3-5,10H2,1-2H3,(H,11,14). The van der Waals surface area contributed by atoms with Crippen molar-refractivity contribution in [1.29, 1.82) is 0 Å². The molecule has 0 aliphatic heterocycles. The number of carbonyl (C=O) groups excluding carboxylic acids is 1. The van der Waals surface area contributed by atoms with Crippen LogP contribution in [-0.2, 0) is 7.05 Å². The topological polar surface area (TPSA) is 72.9 Å². The van der Waals surface area contributed by atoms with E-state index in [4.69, 9.17) is 5.73 Å². The molecule has 0 aliphatic carbocycles. The molecule has 1 amide bonds. The van der Waals surface area contributed by atoms with Crippen LogP contribution in [0, 0.1) is 0 Å². The quantitative estimate of drug-likeness (QED) is 0.719. The van der Waals surface area contributed by atoms with Crippen molar-refractivity contribution in [3.63, 3.8) is 0 Å². The number of thioether (sulfide) groups is 1. The van der Waals surface area contributed by atoms with E-state index < -0.39 is 0 Å². The maximum absolute atomic E-state index is 11.6. The predicted octanol–water partition coefficient (Wildman–Crippen LogP) is 0.485. The van der Waals surface area contributed by atoms with Gasteiger partial charge in [-0.1, -0.05) is 0 Å². The predicted molar refractivity (Wildman–Crippen MR) is 63.0 cm³/mol. The SMILES string of the molecule is CSCCCNC(=O)c1nn(C)cc1N. The summed E-state index contributed by atoms with van der Waals surface area (Å²) in [5.41, 5.74) is 6.35. The zero-order valence-electron chi connectivity index (χ0n) is 8.99. The molecule has 0 unspecified atom stereocenters. The third-order valence-electron chi connectivity index (χ3n) is 1.88. The Labute approximate surface area is 93.4 Å². The molecular weight excluding hydrogens is 212 g/mol. The molecule has 0 saturated heterocycles. The zero-order valence-corrected chi connectivity index (χ0v) is 9.80. The first-order chi connectivity index (χ1) is 7.15. The Bertz CT molecular complexity index is 337. The third kappa shape index (κ3) is 3.47. The minimum Gasteiger partial charge on any atom is -0.396 e. The summed E-state index contributed by atoms with van der Waals surface area (Å²) in [6.45, 7) is 0.662. The second-order valence-electron chi connectivity index (χ2n) is 3.21. The molecule has 0 saturated carbocycles. The van der Waals surface area contributed by atoms with E-state index >= 15 is 0 Å². The van der Waals surface area contributed by atoms with Gasteiger partial charge in [-0.3, -0.25) is 9.48 Å². The van der Waals surface area contributed by atoms with Crippen molar-refractivity contribution in [2.24, 2.45) is 7.05 Å². The lowest BCUT2D eigenvalue weighted by molar-refractivity contribution is 0.0949. The van der Waals surface area contributed by atoms with E-state index in [1.807, 2.05) is 6.26 Å². The number of nitrogens with one attached hydrogen (secondary N) is 1. The highest BCUT2D eigenvalue weighted by molar-refractivity contribution is 7.98. The summed E-state index contributed by atoms with van der Waals surface area (Å²) < 4.78 is 1.53. The van der Waals surface area contributed by atoms with Crippen LogP contribution >= 0.6 is 11.8 Å². The number of hydrogen-bond acceptors (Lipinski definition) is 4. The van der Waals surface area contributed by atoms with Crippen LogP contribution < -0.4 is 11.1 Å². The number of nitrogens with zero attached hydrogens (tertiary/aromatic N) is 2. The van der Waals surface area contributed by atoms with Gasteiger partial charge in [0.2, 0.25) is 0 Å². The number of carbonyl (C=O) groups is 1. The van der Waals surface area contributed by atoms with Crippen molar-refractivity contribution >= 4 is 23.4 Å². The minimum absolute atomic E-state index is 0.200. The molecule has 15 heavy (non-hydrogen) atoms. The van der Waals surface area contributed by atoms with Crippen molar-refractivity contribution in [1.82, 2.24) is 15.1 Å². The van der Waals surface area contributed by atoms with E-state index in [0.717, 1.165) is 12.2 Å². The fourth-order valence-electron chi connectivity index (χ4n) is 1.19. The van der Waals surface area contributed by atoms with Crippen LogP contribution in [0.4, 0.5) is 5.69 Å². The molecule has 0 radical (unpaired) electrons. The highest BCUT2D eigenvalue weighted by atomic mass is 32.2. The lowest BCUT2D eigenvalue weighted by Crippen LogP contribution is -2.26. The Balaban J connectivity index is 2.43. The molecule has 0 spiro atoms. The number of hydrogen-bond donors (Lipinski definition) is 2. The van der Waals surface area contributed by atoms with Gasteiger partial charge in [-0.05, 0) is 18.4 Å². The zero-order chi connectivity index (χ0) is 11.3. The Kier molecular flexibility index (Phi) is 4.48. The highest BCUT2D eigenvalue weighted by Gasteiger charge is 2.12. The summed E-state index contributed by atoms with van der Waals surface area (Å²) in [5, 5.41) is 6.76. The Morgan fingerprint density at radius 1 is 1.73 bits per heavy atom. The van der Waals surface area contributed by atoms with Crippen LogP contribution in [-0.4, -0.2) is 34.2 Å². The maximum Gasteiger partial charge on any atom is 0.273 e. The summed E-state index contributed by atoms with van der Waals surface area (Å²) >= 11 is 1.76. The van der Waals surface area contributed by atoms with Gasteiger partial charge in [0.05, 0.1) is 5.69 Å². The second-order valence-corrected chi connectivity index (χ2v) is 4.19. The lowest BCUT2D eigenvalue weighted by atomic mass is 10.3. The van der Waals surface area contributed by atoms with Gasteiger partial charge in [-0.2, -0.15) is 16.9 Å². The largest absolute Gasteiger partial charge is 0.396 e. The van der Waals surface area contributed by atoms with Crippen molar-refractivity contribution in [2.75, 3.05) is 24.3 Å². The molecule has 5 nitrogen and oxygen atoms in total. The molecule has 1 aromatic rings. The summed E-state index contributed by atoms with van der Waals surface area (Å²) in [7, 11) is 1.74. The molecule has 0 atom stereocenters. The summed E-state index contributed by atoms with van der Waals surface area (Å²) in [6.07, 6.45) is 4.62. The first-order valence-electron chi connectivity index (χ1n) is 4.71. The van der Waals surface area contributed by atoms with Crippen LogP contribution in [0.15, 0.2) is 6.20 Å². The van der Waals surface area contributed by atoms with E-state index in [1.165, 1.54) is 4.68 Å². The summed E-state index contributed by atoms with van der Waals surface area (Å²) in [5.74, 6) is 0.840. The third-order valence-corrected chi connectivity index (χ3v) is 2.58. The number of anilines is 1. The van der Waals surface area contributed by atoms with Gasteiger partial charge in [0.1, 0.15) is 0 Å². The Morgan fingerprint density at radius 3 is 3.00 bits per heavy atom. The molecule has 0 fully saturated rings. The monoisotopic (exact) mass is 228 g/mol. The number of aromatic nitrogens is 2. The first-order valence-corrected chi connectivity index (χ1v) is 6.10. The van der Waals surface area contributed by atoms with Crippen LogP contribution in [0.1, 0.15) is 16.9 Å². The fourth-order valence-corrected chi connectivity index (χ4v) is 1.62. The molecule has 0 aliphatic rings. The smallest absolute Gasteiger partial charge is 0.273 e. The Morgan fingerprint density at radius 2 is 2.47 bits per heavy atom. The van der Waals surface area contributed by atoms with Crippen LogP contribution in [0.5, 0.6) is 0 Å². The number of nitrogen functional groups attached to an aromatic ring is 1. The maximum atomic E-state index is 11.6. The lowest BCUT2D eigenvalue weighted by Gasteiger charge is -2.02. The molecule has 84 valence electrons. The van der Waals surface area contributed by atoms with E-state index in [2.05, 4.69) is 10.4 Å². The van der Waals surface area contributed by atoms with Crippen LogP contribution in [0.2, 0.25) is 0 Å². The van der Waals surface area contributed by atoms with E-state index in [-0.39, 0.29) is 5.91 Å². The number of nitrogens with two attached hydrogens (primary N) is 1. The number of amides is 1. The molecule has 1 aromatic heterocycles. The van der Waals surface area contributed by atoms with Gasteiger partial charge < -0.3 is 11.1 Å². The summed E-state index contributed by atoms with van der Waals surface area (Å²) in [6, 6.07) is 0. The average molecular weight is 228 g/mol. The van der Waals surface area contributed by atoms with E-state index in [0.29, 0.717) is 17.9 Å². The molecule has 1 heterocycles. The summed E-state index contributed by atoms with van der Waals surface area (Å²) in [4.78, 5) is 11.6.